The Morgan fingerprint density at radius 1 is 1.17 bits per heavy atom. The molecule has 6 heteroatoms. The van der Waals surface area contributed by atoms with E-state index < -0.39 is 0 Å². The van der Waals surface area contributed by atoms with Crippen molar-refractivity contribution in [3.63, 3.8) is 0 Å². The first-order valence-corrected chi connectivity index (χ1v) is 7.63. The number of nitrogens with one attached hydrogen (secondary N) is 2. The van der Waals surface area contributed by atoms with Gasteiger partial charge in [0.05, 0.1) is 0 Å². The number of rotatable bonds is 8. The van der Waals surface area contributed by atoms with Crippen LogP contribution in [-0.4, -0.2) is 36.4 Å². The van der Waals surface area contributed by atoms with Gasteiger partial charge in [0.1, 0.15) is 5.82 Å². The van der Waals surface area contributed by atoms with E-state index in [0.29, 0.717) is 24.7 Å². The molecular formula is C17H22N4O2. The molecule has 0 fully saturated rings. The molecule has 23 heavy (non-hydrogen) atoms. The topological polar surface area (TPSA) is 76.1 Å². The quantitative estimate of drug-likeness (QED) is 0.732. The Kier molecular flexibility index (Phi) is 6.50. The average Bonchev–Trinajstić information content (AvgIpc) is 2.60. The number of nitrogens with zero attached hydrogens (tertiary/aromatic N) is 2. The molecule has 1 amide bonds. The fraction of sp³-hybridized carbons (Fsp3) is 0.353. The first-order valence-electron chi connectivity index (χ1n) is 7.63. The van der Waals surface area contributed by atoms with Gasteiger partial charge in [0.2, 0.25) is 0 Å². The maximum atomic E-state index is 11.9. The Morgan fingerprint density at radius 3 is 2.61 bits per heavy atom. The Labute approximate surface area is 136 Å². The van der Waals surface area contributed by atoms with E-state index in [0.717, 1.165) is 12.0 Å². The molecule has 2 aromatic rings. The van der Waals surface area contributed by atoms with Crippen LogP contribution in [0.4, 0.5) is 5.82 Å². The molecule has 0 saturated heterocycles. The minimum atomic E-state index is -0.226. The number of methoxy groups -OCH3 is 1. The van der Waals surface area contributed by atoms with Gasteiger partial charge in [-0.3, -0.25) is 4.79 Å². The average molecular weight is 314 g/mol. The summed E-state index contributed by atoms with van der Waals surface area (Å²) in [7, 11) is 1.63. The van der Waals surface area contributed by atoms with Gasteiger partial charge in [0, 0.05) is 26.3 Å². The fourth-order valence-electron chi connectivity index (χ4n) is 2.09. The highest BCUT2D eigenvalue weighted by atomic mass is 16.5. The summed E-state index contributed by atoms with van der Waals surface area (Å²) in [6.07, 6.45) is 0.768. The first-order chi connectivity index (χ1) is 11.2. The van der Waals surface area contributed by atoms with Crippen LogP contribution in [0.15, 0.2) is 42.5 Å². The van der Waals surface area contributed by atoms with Crippen molar-refractivity contribution in [2.24, 2.45) is 0 Å². The van der Waals surface area contributed by atoms with Crippen molar-refractivity contribution in [3.05, 3.63) is 53.7 Å². The van der Waals surface area contributed by atoms with Gasteiger partial charge in [-0.1, -0.05) is 30.3 Å². The third-order valence-corrected chi connectivity index (χ3v) is 3.37. The molecule has 122 valence electrons. The van der Waals surface area contributed by atoms with Crippen LogP contribution in [0, 0.1) is 0 Å². The smallest absolute Gasteiger partial charge is 0.271 e. The van der Waals surface area contributed by atoms with E-state index in [1.165, 1.54) is 0 Å². The maximum Gasteiger partial charge on any atom is 0.271 e. The van der Waals surface area contributed by atoms with E-state index in [9.17, 15) is 4.79 Å². The highest BCUT2D eigenvalue weighted by Gasteiger charge is 2.09. The zero-order valence-corrected chi connectivity index (χ0v) is 13.5. The summed E-state index contributed by atoms with van der Waals surface area (Å²) in [5.74, 6) is 0.411. The van der Waals surface area contributed by atoms with Crippen LogP contribution in [0.25, 0.3) is 0 Å². The zero-order chi connectivity index (χ0) is 16.5. The molecule has 1 aromatic carbocycles. The number of carbonyl (C=O) groups excluding carboxylic acids is 1. The number of carbonyl (C=O) groups is 1. The van der Waals surface area contributed by atoms with E-state index in [2.05, 4.69) is 20.8 Å². The molecule has 0 spiro atoms. The van der Waals surface area contributed by atoms with Crippen LogP contribution in [-0.2, 0) is 4.74 Å². The van der Waals surface area contributed by atoms with E-state index in [1.54, 1.807) is 19.2 Å². The van der Waals surface area contributed by atoms with Crippen LogP contribution in [0.3, 0.4) is 0 Å². The minimum Gasteiger partial charge on any atom is -0.385 e. The van der Waals surface area contributed by atoms with Gasteiger partial charge >= 0.3 is 0 Å². The first kappa shape index (κ1) is 16.9. The Hall–Kier alpha value is -2.47. The number of ether oxygens (including phenoxy) is 1. The van der Waals surface area contributed by atoms with Crippen molar-refractivity contribution in [3.8, 4) is 0 Å². The van der Waals surface area contributed by atoms with Crippen molar-refractivity contribution in [1.82, 2.24) is 15.5 Å². The molecule has 0 aliphatic rings. The zero-order valence-electron chi connectivity index (χ0n) is 13.5. The van der Waals surface area contributed by atoms with Crippen molar-refractivity contribution >= 4 is 11.7 Å². The summed E-state index contributed by atoms with van der Waals surface area (Å²) < 4.78 is 4.93. The number of amides is 1. The minimum absolute atomic E-state index is 0.110. The monoisotopic (exact) mass is 314 g/mol. The number of anilines is 1. The van der Waals surface area contributed by atoms with Gasteiger partial charge in [-0.05, 0) is 31.0 Å². The van der Waals surface area contributed by atoms with E-state index >= 15 is 0 Å². The molecule has 6 nitrogen and oxygen atoms in total. The molecule has 0 saturated carbocycles. The molecule has 2 rings (SSSR count). The number of hydrogen-bond acceptors (Lipinski definition) is 5. The number of benzene rings is 1. The highest BCUT2D eigenvalue weighted by Crippen LogP contribution is 2.16. The van der Waals surface area contributed by atoms with E-state index in [1.807, 2.05) is 37.3 Å². The molecule has 1 aromatic heterocycles. The Balaban J connectivity index is 1.88. The molecule has 1 atom stereocenters. The summed E-state index contributed by atoms with van der Waals surface area (Å²) in [5, 5.41) is 14.1. The van der Waals surface area contributed by atoms with Gasteiger partial charge in [-0.15, -0.1) is 10.2 Å². The van der Waals surface area contributed by atoms with Gasteiger partial charge in [-0.25, -0.2) is 0 Å². The van der Waals surface area contributed by atoms with E-state index in [-0.39, 0.29) is 11.9 Å². The van der Waals surface area contributed by atoms with Crippen LogP contribution in [0.5, 0.6) is 0 Å². The second-order valence-corrected chi connectivity index (χ2v) is 5.18. The van der Waals surface area contributed by atoms with Gasteiger partial charge < -0.3 is 15.4 Å². The second-order valence-electron chi connectivity index (χ2n) is 5.18. The summed E-state index contributed by atoms with van der Waals surface area (Å²) in [5.41, 5.74) is 1.47. The Morgan fingerprint density at radius 2 is 1.96 bits per heavy atom. The van der Waals surface area contributed by atoms with Crippen molar-refractivity contribution in [2.75, 3.05) is 25.6 Å². The van der Waals surface area contributed by atoms with Crippen molar-refractivity contribution in [2.45, 2.75) is 19.4 Å². The predicted molar refractivity (Wildman–Crippen MR) is 89.3 cm³/mol. The molecule has 0 aliphatic heterocycles. The van der Waals surface area contributed by atoms with Gasteiger partial charge in [0.25, 0.3) is 5.91 Å². The molecular weight excluding hydrogens is 292 g/mol. The normalized spacial score (nSPS) is 11.7. The van der Waals surface area contributed by atoms with Crippen LogP contribution in [0.1, 0.15) is 35.4 Å². The summed E-state index contributed by atoms with van der Waals surface area (Å²) >= 11 is 0. The lowest BCUT2D eigenvalue weighted by Gasteiger charge is -2.14. The highest BCUT2D eigenvalue weighted by molar-refractivity contribution is 5.92. The van der Waals surface area contributed by atoms with Crippen molar-refractivity contribution in [1.29, 1.82) is 0 Å². The molecule has 0 radical (unpaired) electrons. The Bertz CT molecular complexity index is 602. The number of aromatic nitrogens is 2. The lowest BCUT2D eigenvalue weighted by molar-refractivity contribution is 0.0942. The number of hydrogen-bond donors (Lipinski definition) is 2. The van der Waals surface area contributed by atoms with Crippen molar-refractivity contribution < 1.29 is 9.53 Å². The van der Waals surface area contributed by atoms with Crippen LogP contribution >= 0.6 is 0 Å². The van der Waals surface area contributed by atoms with E-state index in [4.69, 9.17) is 4.74 Å². The largest absolute Gasteiger partial charge is 0.385 e. The third-order valence-electron chi connectivity index (χ3n) is 3.37. The lowest BCUT2D eigenvalue weighted by Crippen LogP contribution is -2.26. The molecule has 1 unspecified atom stereocenters. The SMILES string of the molecule is COCCCNC(=O)c1ccc(NC(C)c2ccccc2)nn1. The summed E-state index contributed by atoms with van der Waals surface area (Å²) in [6, 6.07) is 13.6. The van der Waals surface area contributed by atoms with Crippen LogP contribution in [0.2, 0.25) is 0 Å². The summed E-state index contributed by atoms with van der Waals surface area (Å²) in [4.78, 5) is 11.9. The van der Waals surface area contributed by atoms with Gasteiger partial charge in [-0.2, -0.15) is 0 Å². The third kappa shape index (κ3) is 5.34. The van der Waals surface area contributed by atoms with Crippen LogP contribution < -0.4 is 10.6 Å². The second kappa shape index (κ2) is 8.85. The molecule has 0 bridgehead atoms. The van der Waals surface area contributed by atoms with Gasteiger partial charge in [0.15, 0.2) is 5.69 Å². The summed E-state index contributed by atoms with van der Waals surface area (Å²) in [6.45, 7) is 3.22. The maximum absolute atomic E-state index is 11.9. The lowest BCUT2D eigenvalue weighted by atomic mass is 10.1. The fourth-order valence-corrected chi connectivity index (χ4v) is 2.09. The standard InChI is InChI=1S/C17H22N4O2/c1-13(14-7-4-3-5-8-14)19-16-10-9-15(20-21-16)17(22)18-11-6-12-23-2/h3-5,7-10,13H,6,11-12H2,1-2H3,(H,18,22)(H,19,21). The molecule has 1 heterocycles. The molecule has 2 N–H and O–H groups in total. The predicted octanol–water partition coefficient (Wildman–Crippen LogP) is 2.42. The molecule has 0 aliphatic carbocycles.